The Morgan fingerprint density at radius 1 is 1.35 bits per heavy atom. The number of hydrogen-bond donors (Lipinski definition) is 0. The number of rotatable bonds is 3. The van der Waals surface area contributed by atoms with Gasteiger partial charge < -0.3 is 4.74 Å². The van der Waals surface area contributed by atoms with Gasteiger partial charge in [0.25, 0.3) is 0 Å². The van der Waals surface area contributed by atoms with E-state index in [9.17, 15) is 4.79 Å². The Morgan fingerprint density at radius 2 is 1.94 bits per heavy atom. The van der Waals surface area contributed by atoms with E-state index in [1.165, 1.54) is 7.11 Å². The number of nitrogens with zero attached hydrogens (tertiary/aromatic N) is 1. The lowest BCUT2D eigenvalue weighted by Crippen LogP contribution is -2.02. The summed E-state index contributed by atoms with van der Waals surface area (Å²) in [6.45, 7) is 3.68. The molecule has 88 valence electrons. The van der Waals surface area contributed by atoms with Gasteiger partial charge >= 0.3 is 5.97 Å². The topological polar surface area (TPSA) is 50.1 Å². The van der Waals surface area contributed by atoms with Crippen molar-refractivity contribution in [1.29, 1.82) is 5.26 Å². The molecule has 1 rings (SSSR count). The van der Waals surface area contributed by atoms with Crippen LogP contribution in [0.25, 0.3) is 6.08 Å². The van der Waals surface area contributed by atoms with Gasteiger partial charge in [-0.1, -0.05) is 24.3 Å². The van der Waals surface area contributed by atoms with Crippen molar-refractivity contribution in [2.45, 2.75) is 13.8 Å². The number of carbonyl (C=O) groups excluding carboxylic acids is 1. The molecule has 3 heteroatoms. The van der Waals surface area contributed by atoms with Crippen molar-refractivity contribution in [1.82, 2.24) is 0 Å². The molecule has 0 aromatic heterocycles. The highest BCUT2D eigenvalue weighted by Crippen LogP contribution is 2.17. The fourth-order valence-electron chi connectivity index (χ4n) is 1.19. The minimum atomic E-state index is -0.485. The molecule has 0 heterocycles. The molecule has 0 unspecified atom stereocenters. The zero-order valence-corrected chi connectivity index (χ0v) is 10.2. The number of ether oxygens (including phenoxy) is 1. The molecule has 0 amide bonds. The summed E-state index contributed by atoms with van der Waals surface area (Å²) >= 11 is 0. The van der Waals surface area contributed by atoms with Crippen LogP contribution in [0.2, 0.25) is 0 Å². The van der Waals surface area contributed by atoms with Crippen molar-refractivity contribution in [2.24, 2.45) is 5.41 Å². The minimum absolute atomic E-state index is 0.349. The Hall–Kier alpha value is -2.08. The SMILES string of the molecule is COC(=O)c1ccc(/C=C\C(C)(C)C#N)cc1. The summed E-state index contributed by atoms with van der Waals surface area (Å²) in [5.41, 5.74) is 0.978. The average molecular weight is 229 g/mol. The van der Waals surface area contributed by atoms with Gasteiger partial charge in [-0.15, -0.1) is 0 Å². The minimum Gasteiger partial charge on any atom is -0.465 e. The maximum absolute atomic E-state index is 11.2. The molecule has 1 aromatic carbocycles. The van der Waals surface area contributed by atoms with Crippen molar-refractivity contribution in [3.63, 3.8) is 0 Å². The van der Waals surface area contributed by atoms with Gasteiger partial charge in [-0.25, -0.2) is 4.79 Å². The van der Waals surface area contributed by atoms with Gasteiger partial charge in [-0.3, -0.25) is 0 Å². The largest absolute Gasteiger partial charge is 0.465 e. The van der Waals surface area contributed by atoms with Gasteiger partial charge in [0.1, 0.15) is 0 Å². The quantitative estimate of drug-likeness (QED) is 0.748. The number of carbonyl (C=O) groups is 1. The molecule has 0 aliphatic rings. The molecule has 0 aliphatic carbocycles. The van der Waals surface area contributed by atoms with Gasteiger partial charge in [-0.2, -0.15) is 5.26 Å². The molecule has 0 atom stereocenters. The molecular weight excluding hydrogens is 214 g/mol. The number of hydrogen-bond acceptors (Lipinski definition) is 3. The third-order valence-electron chi connectivity index (χ3n) is 2.31. The second-order valence-electron chi connectivity index (χ2n) is 4.28. The monoisotopic (exact) mass is 229 g/mol. The summed E-state index contributed by atoms with van der Waals surface area (Å²) in [5, 5.41) is 8.86. The second-order valence-corrected chi connectivity index (χ2v) is 4.28. The van der Waals surface area contributed by atoms with Gasteiger partial charge in [-0.05, 0) is 31.5 Å². The predicted molar refractivity (Wildman–Crippen MR) is 66.2 cm³/mol. The highest BCUT2D eigenvalue weighted by Gasteiger charge is 2.10. The Morgan fingerprint density at radius 3 is 2.41 bits per heavy atom. The lowest BCUT2D eigenvalue weighted by atomic mass is 9.94. The molecule has 17 heavy (non-hydrogen) atoms. The molecule has 0 spiro atoms. The Labute approximate surface area is 101 Å². The van der Waals surface area contributed by atoms with Crippen molar-refractivity contribution < 1.29 is 9.53 Å². The third-order valence-corrected chi connectivity index (χ3v) is 2.31. The van der Waals surface area contributed by atoms with E-state index >= 15 is 0 Å². The van der Waals surface area contributed by atoms with Crippen LogP contribution in [0.5, 0.6) is 0 Å². The van der Waals surface area contributed by atoms with E-state index in [2.05, 4.69) is 10.8 Å². The number of methoxy groups -OCH3 is 1. The van der Waals surface area contributed by atoms with Crippen molar-refractivity contribution in [3.8, 4) is 6.07 Å². The number of nitriles is 1. The van der Waals surface area contributed by atoms with Crippen LogP contribution in [0.15, 0.2) is 30.3 Å². The number of esters is 1. The van der Waals surface area contributed by atoms with E-state index in [1.807, 2.05) is 38.1 Å². The first-order valence-corrected chi connectivity index (χ1v) is 5.27. The molecule has 0 saturated heterocycles. The van der Waals surface area contributed by atoms with Gasteiger partial charge in [0.05, 0.1) is 24.2 Å². The zero-order valence-electron chi connectivity index (χ0n) is 10.2. The van der Waals surface area contributed by atoms with Crippen molar-refractivity contribution in [3.05, 3.63) is 41.5 Å². The maximum Gasteiger partial charge on any atom is 0.337 e. The van der Waals surface area contributed by atoms with Gasteiger partial charge in [0.15, 0.2) is 0 Å². The Bertz CT molecular complexity index is 464. The van der Waals surface area contributed by atoms with Crippen molar-refractivity contribution >= 4 is 12.0 Å². The van der Waals surface area contributed by atoms with E-state index in [1.54, 1.807) is 12.1 Å². The fourth-order valence-corrected chi connectivity index (χ4v) is 1.19. The fraction of sp³-hybridized carbons (Fsp3) is 0.286. The number of benzene rings is 1. The third kappa shape index (κ3) is 3.76. The Kier molecular flexibility index (Phi) is 4.06. The van der Waals surface area contributed by atoms with Crippen LogP contribution in [0.4, 0.5) is 0 Å². The summed E-state index contributed by atoms with van der Waals surface area (Å²) in [6, 6.07) is 9.22. The summed E-state index contributed by atoms with van der Waals surface area (Å²) in [7, 11) is 1.35. The molecule has 0 aliphatic heterocycles. The van der Waals surface area contributed by atoms with E-state index in [4.69, 9.17) is 5.26 Å². The predicted octanol–water partition coefficient (Wildman–Crippen LogP) is 3.04. The molecule has 0 saturated carbocycles. The lowest BCUT2D eigenvalue weighted by Gasteiger charge is -2.07. The lowest BCUT2D eigenvalue weighted by molar-refractivity contribution is 0.0601. The molecule has 0 radical (unpaired) electrons. The van der Waals surface area contributed by atoms with Crippen LogP contribution >= 0.6 is 0 Å². The molecule has 0 fully saturated rings. The molecular formula is C14H15NO2. The first kappa shape index (κ1) is 13.0. The average Bonchev–Trinajstić information content (AvgIpc) is 2.36. The van der Waals surface area contributed by atoms with E-state index in [0.29, 0.717) is 5.56 Å². The summed E-state index contributed by atoms with van der Waals surface area (Å²) in [5.74, 6) is -0.349. The van der Waals surface area contributed by atoms with Crippen molar-refractivity contribution in [2.75, 3.05) is 7.11 Å². The standard InChI is InChI=1S/C14H15NO2/c1-14(2,10-15)9-8-11-4-6-12(7-5-11)13(16)17-3/h4-9H,1-3H3/b9-8-. The first-order chi connectivity index (χ1) is 7.98. The highest BCUT2D eigenvalue weighted by atomic mass is 16.5. The second kappa shape index (κ2) is 5.31. The zero-order chi connectivity index (χ0) is 12.9. The van der Waals surface area contributed by atoms with E-state index < -0.39 is 5.41 Å². The summed E-state index contributed by atoms with van der Waals surface area (Å²) < 4.78 is 4.61. The number of allylic oxidation sites excluding steroid dienone is 1. The smallest absolute Gasteiger partial charge is 0.337 e. The van der Waals surface area contributed by atoms with Gasteiger partial charge in [0, 0.05) is 0 Å². The van der Waals surface area contributed by atoms with E-state index in [0.717, 1.165) is 5.56 Å². The highest BCUT2D eigenvalue weighted by molar-refractivity contribution is 5.89. The summed E-state index contributed by atoms with van der Waals surface area (Å²) in [4.78, 5) is 11.2. The molecule has 0 bridgehead atoms. The molecule has 0 N–H and O–H groups in total. The van der Waals surface area contributed by atoms with Crippen LogP contribution < -0.4 is 0 Å². The molecule has 1 aromatic rings. The summed E-state index contributed by atoms with van der Waals surface area (Å²) in [6.07, 6.45) is 3.70. The van der Waals surface area contributed by atoms with Crippen LogP contribution in [0.1, 0.15) is 29.8 Å². The normalized spacial score (nSPS) is 11.2. The first-order valence-electron chi connectivity index (χ1n) is 5.27. The van der Waals surface area contributed by atoms with Crippen LogP contribution in [-0.4, -0.2) is 13.1 Å². The maximum atomic E-state index is 11.2. The van der Waals surface area contributed by atoms with Crippen LogP contribution in [0, 0.1) is 16.7 Å². The van der Waals surface area contributed by atoms with Crippen LogP contribution in [-0.2, 0) is 4.74 Å². The molecule has 3 nitrogen and oxygen atoms in total. The Balaban J connectivity index is 2.83. The van der Waals surface area contributed by atoms with E-state index in [-0.39, 0.29) is 5.97 Å². The van der Waals surface area contributed by atoms with Crippen LogP contribution in [0.3, 0.4) is 0 Å². The van der Waals surface area contributed by atoms with Gasteiger partial charge in [0.2, 0.25) is 0 Å².